The van der Waals surface area contributed by atoms with E-state index >= 15 is 0 Å². The van der Waals surface area contributed by atoms with Gasteiger partial charge in [0.05, 0.1) is 11.9 Å². The highest BCUT2D eigenvalue weighted by molar-refractivity contribution is 7.19. The molecule has 3 aromatic rings. The van der Waals surface area contributed by atoms with Gasteiger partial charge in [0.1, 0.15) is 10.7 Å². The van der Waals surface area contributed by atoms with Crippen LogP contribution in [0.1, 0.15) is 16.3 Å². The molecule has 22 heavy (non-hydrogen) atoms. The van der Waals surface area contributed by atoms with Gasteiger partial charge in [-0.1, -0.05) is 35.7 Å². The lowest BCUT2D eigenvalue weighted by Gasteiger charge is -2.07. The quantitative estimate of drug-likeness (QED) is 0.677. The monoisotopic (exact) mass is 308 g/mol. The standard InChI is InChI=1S/C18H16N2OS/c1-5-10-20-13(4)19-17-16(18(20)21)15(12(3)22-17)14-8-6-11(2)7-9-14/h1,6-9H,10H2,2-4H3. The molecule has 0 saturated carbocycles. The number of thiophene rings is 1. The third-order valence-corrected chi connectivity index (χ3v) is 4.77. The van der Waals surface area contributed by atoms with Crippen molar-refractivity contribution in [2.45, 2.75) is 27.3 Å². The van der Waals surface area contributed by atoms with Gasteiger partial charge in [-0.2, -0.15) is 0 Å². The zero-order chi connectivity index (χ0) is 15.9. The van der Waals surface area contributed by atoms with Crippen LogP contribution >= 0.6 is 11.3 Å². The Bertz CT molecular complexity index is 956. The van der Waals surface area contributed by atoms with Crippen LogP contribution in [0.4, 0.5) is 0 Å². The molecule has 0 aliphatic rings. The fraction of sp³-hybridized carbons (Fsp3) is 0.222. The zero-order valence-electron chi connectivity index (χ0n) is 12.8. The van der Waals surface area contributed by atoms with Crippen molar-refractivity contribution >= 4 is 21.6 Å². The van der Waals surface area contributed by atoms with Crippen molar-refractivity contribution in [1.82, 2.24) is 9.55 Å². The van der Waals surface area contributed by atoms with Crippen LogP contribution in [0.25, 0.3) is 21.3 Å². The lowest BCUT2D eigenvalue weighted by atomic mass is 10.0. The molecule has 4 heteroatoms. The SMILES string of the molecule is C#CCn1c(C)nc2sc(C)c(-c3ccc(C)cc3)c2c1=O. The second-order valence-electron chi connectivity index (χ2n) is 5.33. The Morgan fingerprint density at radius 1 is 1.23 bits per heavy atom. The van der Waals surface area contributed by atoms with E-state index in [1.165, 1.54) is 5.56 Å². The zero-order valence-corrected chi connectivity index (χ0v) is 13.6. The third kappa shape index (κ3) is 2.24. The van der Waals surface area contributed by atoms with Gasteiger partial charge < -0.3 is 0 Å². The molecular weight excluding hydrogens is 292 g/mol. The number of nitrogens with zero attached hydrogens (tertiary/aromatic N) is 2. The number of aryl methyl sites for hydroxylation is 3. The van der Waals surface area contributed by atoms with E-state index in [9.17, 15) is 4.79 Å². The van der Waals surface area contributed by atoms with Gasteiger partial charge in [-0.3, -0.25) is 9.36 Å². The smallest absolute Gasteiger partial charge is 0.263 e. The Morgan fingerprint density at radius 3 is 2.55 bits per heavy atom. The first kappa shape index (κ1) is 14.6. The van der Waals surface area contributed by atoms with Gasteiger partial charge in [0.15, 0.2) is 0 Å². The highest BCUT2D eigenvalue weighted by atomic mass is 32.1. The Labute approximate surface area is 133 Å². The fourth-order valence-corrected chi connectivity index (χ4v) is 3.72. The van der Waals surface area contributed by atoms with Crippen molar-refractivity contribution < 1.29 is 0 Å². The van der Waals surface area contributed by atoms with Gasteiger partial charge in [0.25, 0.3) is 5.56 Å². The molecule has 2 heterocycles. The summed E-state index contributed by atoms with van der Waals surface area (Å²) in [7, 11) is 0. The summed E-state index contributed by atoms with van der Waals surface area (Å²) in [5.41, 5.74) is 3.16. The first-order chi connectivity index (χ1) is 10.5. The van der Waals surface area contributed by atoms with Gasteiger partial charge in [0.2, 0.25) is 0 Å². The molecule has 2 aromatic heterocycles. The van der Waals surface area contributed by atoms with Crippen molar-refractivity contribution in [2.24, 2.45) is 0 Å². The van der Waals surface area contributed by atoms with Crippen molar-refractivity contribution in [1.29, 1.82) is 0 Å². The minimum absolute atomic E-state index is 0.0552. The van der Waals surface area contributed by atoms with Crippen LogP contribution in [-0.2, 0) is 6.54 Å². The maximum Gasteiger partial charge on any atom is 0.263 e. The third-order valence-electron chi connectivity index (χ3n) is 3.77. The average Bonchev–Trinajstić information content (AvgIpc) is 2.80. The molecule has 0 aliphatic heterocycles. The van der Waals surface area contributed by atoms with Crippen molar-refractivity contribution in [2.75, 3.05) is 0 Å². The molecule has 0 N–H and O–H groups in total. The Kier molecular flexibility index (Phi) is 3.59. The van der Waals surface area contributed by atoms with E-state index in [0.29, 0.717) is 11.2 Å². The van der Waals surface area contributed by atoms with Crippen molar-refractivity contribution in [3.05, 3.63) is 50.9 Å². The summed E-state index contributed by atoms with van der Waals surface area (Å²) in [6.07, 6.45) is 5.38. The van der Waals surface area contributed by atoms with E-state index in [4.69, 9.17) is 6.42 Å². The van der Waals surface area contributed by atoms with Crippen molar-refractivity contribution in [3.8, 4) is 23.5 Å². The molecule has 0 spiro atoms. The highest BCUT2D eigenvalue weighted by Crippen LogP contribution is 2.35. The van der Waals surface area contributed by atoms with Gasteiger partial charge in [-0.25, -0.2) is 4.98 Å². The van der Waals surface area contributed by atoms with Gasteiger partial charge >= 0.3 is 0 Å². The minimum Gasteiger partial charge on any atom is -0.284 e. The van der Waals surface area contributed by atoms with Crippen LogP contribution in [0.3, 0.4) is 0 Å². The maximum absolute atomic E-state index is 12.8. The maximum atomic E-state index is 12.8. The predicted molar refractivity (Wildman–Crippen MR) is 92.4 cm³/mol. The number of hydrogen-bond acceptors (Lipinski definition) is 3. The molecule has 0 fully saturated rings. The van der Waals surface area contributed by atoms with Crippen LogP contribution in [0, 0.1) is 33.1 Å². The van der Waals surface area contributed by atoms with Gasteiger partial charge in [-0.05, 0) is 26.3 Å². The van der Waals surface area contributed by atoms with Crippen LogP contribution in [0.15, 0.2) is 29.1 Å². The molecule has 3 nitrogen and oxygen atoms in total. The van der Waals surface area contributed by atoms with Crippen LogP contribution < -0.4 is 5.56 Å². The van der Waals surface area contributed by atoms with Gasteiger partial charge in [0, 0.05) is 10.4 Å². The van der Waals surface area contributed by atoms with E-state index in [1.807, 2.05) is 20.8 Å². The van der Waals surface area contributed by atoms with Crippen LogP contribution in [0.5, 0.6) is 0 Å². The largest absolute Gasteiger partial charge is 0.284 e. The van der Waals surface area contributed by atoms with E-state index in [0.717, 1.165) is 20.8 Å². The first-order valence-corrected chi connectivity index (χ1v) is 7.85. The molecule has 0 bridgehead atoms. The normalized spacial score (nSPS) is 10.8. The summed E-state index contributed by atoms with van der Waals surface area (Å²) in [5.74, 6) is 3.19. The topological polar surface area (TPSA) is 34.9 Å². The summed E-state index contributed by atoms with van der Waals surface area (Å²) in [6, 6.07) is 8.21. The summed E-state index contributed by atoms with van der Waals surface area (Å²) < 4.78 is 1.56. The number of rotatable bonds is 2. The van der Waals surface area contributed by atoms with E-state index in [1.54, 1.807) is 15.9 Å². The summed E-state index contributed by atoms with van der Waals surface area (Å²) in [6.45, 7) is 6.14. The fourth-order valence-electron chi connectivity index (χ4n) is 2.64. The van der Waals surface area contributed by atoms with Gasteiger partial charge in [-0.15, -0.1) is 17.8 Å². The number of aromatic nitrogens is 2. The van der Waals surface area contributed by atoms with Crippen LogP contribution in [-0.4, -0.2) is 9.55 Å². The molecule has 0 saturated heterocycles. The Morgan fingerprint density at radius 2 is 1.91 bits per heavy atom. The molecule has 110 valence electrons. The van der Waals surface area contributed by atoms with Crippen molar-refractivity contribution in [3.63, 3.8) is 0 Å². The lowest BCUT2D eigenvalue weighted by molar-refractivity contribution is 0.743. The molecule has 0 atom stereocenters. The predicted octanol–water partition coefficient (Wildman–Crippen LogP) is 3.68. The van der Waals surface area contributed by atoms with E-state index in [-0.39, 0.29) is 12.1 Å². The molecule has 0 radical (unpaired) electrons. The summed E-state index contributed by atoms with van der Waals surface area (Å²) in [5, 5.41) is 0.673. The number of fused-ring (bicyclic) bond motifs is 1. The number of hydrogen-bond donors (Lipinski definition) is 0. The Hall–Kier alpha value is -2.38. The molecular formula is C18H16N2OS. The molecule has 0 unspecified atom stereocenters. The molecule has 0 aliphatic carbocycles. The first-order valence-electron chi connectivity index (χ1n) is 7.04. The second kappa shape index (κ2) is 5.43. The lowest BCUT2D eigenvalue weighted by Crippen LogP contribution is -2.23. The molecule has 1 aromatic carbocycles. The summed E-state index contributed by atoms with van der Waals surface area (Å²) >= 11 is 1.56. The minimum atomic E-state index is -0.0552. The highest BCUT2D eigenvalue weighted by Gasteiger charge is 2.18. The van der Waals surface area contributed by atoms with E-state index < -0.39 is 0 Å². The molecule has 3 rings (SSSR count). The molecule has 0 amide bonds. The summed E-state index contributed by atoms with van der Waals surface area (Å²) in [4.78, 5) is 19.3. The van der Waals surface area contributed by atoms with Crippen LogP contribution in [0.2, 0.25) is 0 Å². The second-order valence-corrected chi connectivity index (χ2v) is 6.54. The Balaban J connectivity index is 2.38. The number of benzene rings is 1. The average molecular weight is 308 g/mol. The number of terminal acetylenes is 1. The van der Waals surface area contributed by atoms with E-state index in [2.05, 4.69) is 35.2 Å².